The summed E-state index contributed by atoms with van der Waals surface area (Å²) in [4.78, 5) is 10.8. The van der Waals surface area contributed by atoms with Gasteiger partial charge >= 0.3 is 12.1 Å². The number of fused-ring (bicyclic) bond motifs is 1. The molecule has 1 aromatic heterocycles. The largest absolute Gasteiger partial charge is 0.504 e. The first-order chi connectivity index (χ1) is 16.9. The Morgan fingerprint density at radius 3 is 2.03 bits per heavy atom. The van der Waals surface area contributed by atoms with E-state index in [0.29, 0.717) is 5.56 Å². The van der Waals surface area contributed by atoms with Crippen LogP contribution in [0, 0.1) is 0 Å². The van der Waals surface area contributed by atoms with Crippen molar-refractivity contribution in [3.05, 3.63) is 78.0 Å². The molecular weight excluding hydrogens is 503 g/mol. The summed E-state index contributed by atoms with van der Waals surface area (Å²) in [6, 6.07) is 11.3. The van der Waals surface area contributed by atoms with Crippen molar-refractivity contribution < 1.29 is 46.4 Å². The van der Waals surface area contributed by atoms with Gasteiger partial charge in [0.05, 0.1) is 16.0 Å². The lowest BCUT2D eigenvalue weighted by Gasteiger charge is -2.11. The molecule has 12 heteroatoms. The zero-order valence-electron chi connectivity index (χ0n) is 18.2. The highest BCUT2D eigenvalue weighted by Crippen LogP contribution is 2.36. The first kappa shape index (κ1) is 24.9. The Labute approximate surface area is 202 Å². The first-order valence-electron chi connectivity index (χ1n) is 10.3. The van der Waals surface area contributed by atoms with Crippen molar-refractivity contribution in [1.82, 2.24) is 3.97 Å². The third-order valence-corrected chi connectivity index (χ3v) is 7.04. The minimum atomic E-state index is -4.49. The number of nitrogens with zero attached hydrogens (tertiary/aromatic N) is 1. The normalized spacial score (nSPS) is 12.1. The number of phenolic OH excluding ortho intramolecular Hbond substituents is 2. The van der Waals surface area contributed by atoms with E-state index in [1.807, 2.05) is 0 Å². The summed E-state index contributed by atoms with van der Waals surface area (Å²) in [5, 5.41) is 29.0. The predicted octanol–water partition coefficient (Wildman–Crippen LogP) is 5.12. The number of benzene rings is 3. The number of aromatic hydroxyl groups is 2. The van der Waals surface area contributed by atoms with E-state index in [-0.39, 0.29) is 40.1 Å². The summed E-state index contributed by atoms with van der Waals surface area (Å²) in [6.45, 7) is 0. The number of alkyl halides is 3. The fourth-order valence-corrected chi connectivity index (χ4v) is 4.95. The summed E-state index contributed by atoms with van der Waals surface area (Å²) in [7, 11) is -4.23. The van der Waals surface area contributed by atoms with Gasteiger partial charge in [-0.1, -0.05) is 0 Å². The molecule has 0 saturated carbocycles. The van der Waals surface area contributed by atoms with Crippen LogP contribution in [0.15, 0.2) is 71.8 Å². The second kappa shape index (κ2) is 9.11. The number of carboxylic acids is 1. The van der Waals surface area contributed by atoms with Crippen molar-refractivity contribution in [3.63, 3.8) is 0 Å². The van der Waals surface area contributed by atoms with Crippen molar-refractivity contribution in [1.29, 1.82) is 0 Å². The van der Waals surface area contributed by atoms with Crippen LogP contribution in [-0.2, 0) is 27.4 Å². The summed E-state index contributed by atoms with van der Waals surface area (Å²) in [6.07, 6.45) is -3.55. The summed E-state index contributed by atoms with van der Waals surface area (Å²) in [5.41, 5.74) is -0.457. The molecule has 3 aromatic carbocycles. The van der Waals surface area contributed by atoms with Crippen molar-refractivity contribution in [2.24, 2.45) is 0 Å². The quantitative estimate of drug-likeness (QED) is 0.288. The fourth-order valence-electron chi connectivity index (χ4n) is 3.57. The van der Waals surface area contributed by atoms with Gasteiger partial charge in [0.15, 0.2) is 11.5 Å². The highest BCUT2D eigenvalue weighted by Gasteiger charge is 2.30. The van der Waals surface area contributed by atoms with Gasteiger partial charge in [0.25, 0.3) is 10.0 Å². The van der Waals surface area contributed by atoms with Crippen LogP contribution < -0.4 is 4.74 Å². The SMILES string of the molecule is O=C(O)CCc1cn(S(=O)(=O)c2ccc(Oc3ccc(C(F)(F)F)cc3)cc2)c2cc(O)c(O)cc12. The molecule has 1 heterocycles. The zero-order valence-corrected chi connectivity index (χ0v) is 19.0. The van der Waals surface area contributed by atoms with Crippen LogP contribution in [0.5, 0.6) is 23.0 Å². The molecule has 0 fully saturated rings. The van der Waals surface area contributed by atoms with E-state index in [4.69, 9.17) is 9.84 Å². The van der Waals surface area contributed by atoms with Gasteiger partial charge in [-0.15, -0.1) is 0 Å². The van der Waals surface area contributed by atoms with Crippen LogP contribution >= 0.6 is 0 Å². The van der Waals surface area contributed by atoms with Gasteiger partial charge in [-0.3, -0.25) is 4.79 Å². The first-order valence-corrected chi connectivity index (χ1v) is 11.8. The number of ether oxygens (including phenoxy) is 1. The number of rotatable bonds is 7. The molecule has 0 atom stereocenters. The lowest BCUT2D eigenvalue weighted by Crippen LogP contribution is -2.11. The number of aryl methyl sites for hydroxylation is 1. The molecule has 0 aliphatic carbocycles. The molecule has 4 rings (SSSR count). The van der Waals surface area contributed by atoms with E-state index < -0.39 is 39.2 Å². The van der Waals surface area contributed by atoms with E-state index in [2.05, 4.69) is 0 Å². The molecule has 0 amide bonds. The van der Waals surface area contributed by atoms with Gasteiger partial charge in [-0.25, -0.2) is 12.4 Å². The van der Waals surface area contributed by atoms with E-state index in [9.17, 15) is 36.6 Å². The Balaban J connectivity index is 1.65. The monoisotopic (exact) mass is 521 g/mol. The van der Waals surface area contributed by atoms with Gasteiger partial charge in [0, 0.05) is 24.1 Å². The third kappa shape index (κ3) is 4.93. The molecule has 0 aliphatic rings. The lowest BCUT2D eigenvalue weighted by atomic mass is 10.1. The van der Waals surface area contributed by atoms with Gasteiger partial charge < -0.3 is 20.1 Å². The van der Waals surface area contributed by atoms with Gasteiger partial charge in [-0.05, 0) is 66.6 Å². The topological polar surface area (TPSA) is 126 Å². The maximum Gasteiger partial charge on any atom is 0.416 e. The smallest absolute Gasteiger partial charge is 0.416 e. The van der Waals surface area contributed by atoms with Crippen LogP contribution in [-0.4, -0.2) is 33.7 Å². The third-order valence-electron chi connectivity index (χ3n) is 5.36. The molecule has 0 unspecified atom stereocenters. The number of halogens is 3. The molecule has 188 valence electrons. The zero-order chi connectivity index (χ0) is 26.3. The van der Waals surface area contributed by atoms with Crippen LogP contribution in [0.3, 0.4) is 0 Å². The van der Waals surface area contributed by atoms with Crippen molar-refractivity contribution >= 4 is 26.9 Å². The molecule has 3 N–H and O–H groups in total. The standard InChI is InChI=1S/C24H18F3NO7S/c25-24(26,27)15-2-4-16(5-3-15)35-17-6-8-18(9-7-17)36(33,34)28-13-14(1-10-23(31)32)19-11-21(29)22(30)12-20(19)28/h2-9,11-13,29-30H,1,10H2,(H,31,32). The van der Waals surface area contributed by atoms with Crippen LogP contribution in [0.25, 0.3) is 10.9 Å². The summed E-state index contributed by atoms with van der Waals surface area (Å²) >= 11 is 0. The molecule has 0 saturated heterocycles. The molecule has 8 nitrogen and oxygen atoms in total. The number of carbonyl (C=O) groups is 1. The van der Waals surface area contributed by atoms with Gasteiger partial charge in [-0.2, -0.15) is 13.2 Å². The highest BCUT2D eigenvalue weighted by molar-refractivity contribution is 7.90. The van der Waals surface area contributed by atoms with E-state index in [0.717, 1.165) is 40.4 Å². The Bertz CT molecular complexity index is 1540. The molecule has 4 aromatic rings. The van der Waals surface area contributed by atoms with Crippen molar-refractivity contribution in [2.45, 2.75) is 23.9 Å². The molecule has 0 bridgehead atoms. The molecule has 0 radical (unpaired) electrons. The van der Waals surface area contributed by atoms with Crippen molar-refractivity contribution in [3.8, 4) is 23.0 Å². The Kier molecular flexibility index (Phi) is 6.31. The van der Waals surface area contributed by atoms with E-state index in [1.54, 1.807) is 0 Å². The summed E-state index contributed by atoms with van der Waals surface area (Å²) < 4.78 is 71.2. The van der Waals surface area contributed by atoms with Crippen molar-refractivity contribution in [2.75, 3.05) is 0 Å². The number of hydrogen-bond donors (Lipinski definition) is 3. The maximum atomic E-state index is 13.4. The second-order valence-corrected chi connectivity index (χ2v) is 9.62. The number of aliphatic carboxylic acids is 1. The fraction of sp³-hybridized carbons (Fsp3) is 0.125. The van der Waals surface area contributed by atoms with Crippen LogP contribution in [0.2, 0.25) is 0 Å². The maximum absolute atomic E-state index is 13.4. The Morgan fingerprint density at radius 2 is 1.47 bits per heavy atom. The van der Waals surface area contributed by atoms with Gasteiger partial charge in [0.2, 0.25) is 0 Å². The predicted molar refractivity (Wildman–Crippen MR) is 122 cm³/mol. The second-order valence-electron chi connectivity index (χ2n) is 7.80. The Hall–Kier alpha value is -4.19. The summed E-state index contributed by atoms with van der Waals surface area (Å²) in [5.74, 6) is -1.84. The minimum absolute atomic E-state index is 0.0154. The molecule has 0 spiro atoms. The molecule has 0 aliphatic heterocycles. The number of hydrogen-bond acceptors (Lipinski definition) is 6. The number of aromatic nitrogens is 1. The van der Waals surface area contributed by atoms with Gasteiger partial charge in [0.1, 0.15) is 11.5 Å². The van der Waals surface area contributed by atoms with E-state index in [1.165, 1.54) is 30.5 Å². The number of carboxylic acid groups (broad SMARTS) is 1. The highest BCUT2D eigenvalue weighted by atomic mass is 32.2. The van der Waals surface area contributed by atoms with Crippen LogP contribution in [0.4, 0.5) is 13.2 Å². The molecular formula is C24H18F3NO7S. The lowest BCUT2D eigenvalue weighted by molar-refractivity contribution is -0.138. The van der Waals surface area contributed by atoms with E-state index >= 15 is 0 Å². The van der Waals surface area contributed by atoms with Crippen LogP contribution in [0.1, 0.15) is 17.5 Å². The Morgan fingerprint density at radius 1 is 0.917 bits per heavy atom. The number of phenols is 2. The minimum Gasteiger partial charge on any atom is -0.504 e. The molecule has 36 heavy (non-hydrogen) atoms. The average molecular weight is 521 g/mol. The average Bonchev–Trinajstić information content (AvgIpc) is 3.16.